The van der Waals surface area contributed by atoms with Crippen molar-refractivity contribution >= 4 is 5.78 Å². The minimum absolute atomic E-state index is 0.0789. The number of benzene rings is 2. The van der Waals surface area contributed by atoms with Gasteiger partial charge in [0.05, 0.1) is 0 Å². The Bertz CT molecular complexity index is 666. The summed E-state index contributed by atoms with van der Waals surface area (Å²) in [5.74, 6) is -0.186. The normalized spacial score (nSPS) is 11.5. The van der Waals surface area contributed by atoms with E-state index < -0.39 is 0 Å². The van der Waals surface area contributed by atoms with Gasteiger partial charge in [-0.1, -0.05) is 51.1 Å². The second-order valence-electron chi connectivity index (χ2n) is 6.47. The Labute approximate surface area is 125 Å². The molecule has 0 saturated carbocycles. The summed E-state index contributed by atoms with van der Waals surface area (Å²) in [6.45, 7) is 8.13. The second kappa shape index (κ2) is 5.80. The molecule has 2 heteroatoms. The van der Waals surface area contributed by atoms with Crippen molar-refractivity contribution in [3.8, 4) is 0 Å². The third kappa shape index (κ3) is 3.57. The molecule has 110 valence electrons. The van der Waals surface area contributed by atoms with Crippen LogP contribution >= 0.6 is 0 Å². The molecule has 0 aliphatic heterocycles. The fourth-order valence-electron chi connectivity index (χ4n) is 2.51. The summed E-state index contributed by atoms with van der Waals surface area (Å²) in [5, 5.41) is 0. The van der Waals surface area contributed by atoms with Gasteiger partial charge in [0.15, 0.2) is 5.78 Å². The molecule has 0 N–H and O–H groups in total. The molecule has 0 aliphatic rings. The average Bonchev–Trinajstić information content (AvgIpc) is 2.41. The zero-order valence-corrected chi connectivity index (χ0v) is 13.0. The molecular weight excluding hydrogens is 263 g/mol. The minimum Gasteiger partial charge on any atom is -0.294 e. The van der Waals surface area contributed by atoms with Gasteiger partial charge in [0.1, 0.15) is 5.82 Å². The van der Waals surface area contributed by atoms with Crippen LogP contribution in [-0.4, -0.2) is 5.78 Å². The van der Waals surface area contributed by atoms with Crippen molar-refractivity contribution in [3.63, 3.8) is 0 Å². The first-order valence-electron chi connectivity index (χ1n) is 7.17. The molecule has 0 atom stereocenters. The second-order valence-corrected chi connectivity index (χ2v) is 6.47. The number of hydrogen-bond donors (Lipinski definition) is 0. The van der Waals surface area contributed by atoms with Gasteiger partial charge in [0.25, 0.3) is 0 Å². The molecule has 0 saturated heterocycles. The standard InChI is InChI=1S/C19H21FO/c1-13-11-15(20)10-9-14(13)12-18(21)16-7-5-6-8-17(16)19(2,3)4/h5-11H,12H2,1-4H3. The van der Waals surface area contributed by atoms with E-state index in [1.807, 2.05) is 31.2 Å². The van der Waals surface area contributed by atoms with E-state index in [9.17, 15) is 9.18 Å². The lowest BCUT2D eigenvalue weighted by molar-refractivity contribution is 0.0990. The Kier molecular flexibility index (Phi) is 4.26. The highest BCUT2D eigenvalue weighted by Crippen LogP contribution is 2.27. The monoisotopic (exact) mass is 284 g/mol. The van der Waals surface area contributed by atoms with Crippen LogP contribution in [0.25, 0.3) is 0 Å². The van der Waals surface area contributed by atoms with Crippen molar-refractivity contribution in [2.75, 3.05) is 0 Å². The minimum atomic E-state index is -0.265. The van der Waals surface area contributed by atoms with Crippen LogP contribution in [-0.2, 0) is 11.8 Å². The molecule has 0 spiro atoms. The lowest BCUT2D eigenvalue weighted by atomic mass is 9.82. The molecule has 0 amide bonds. The van der Waals surface area contributed by atoms with E-state index in [0.29, 0.717) is 6.42 Å². The number of Topliss-reactive ketones (excluding diaryl/α,β-unsaturated/α-hetero) is 1. The van der Waals surface area contributed by atoms with Gasteiger partial charge in [0.2, 0.25) is 0 Å². The van der Waals surface area contributed by atoms with E-state index in [2.05, 4.69) is 20.8 Å². The van der Waals surface area contributed by atoms with Crippen LogP contribution in [0, 0.1) is 12.7 Å². The third-order valence-corrected chi connectivity index (χ3v) is 3.69. The van der Waals surface area contributed by atoms with Crippen LogP contribution in [0.4, 0.5) is 4.39 Å². The molecule has 0 fully saturated rings. The van der Waals surface area contributed by atoms with E-state index >= 15 is 0 Å². The Morgan fingerprint density at radius 2 is 1.76 bits per heavy atom. The lowest BCUT2D eigenvalue weighted by Crippen LogP contribution is -2.18. The number of ketones is 1. The largest absolute Gasteiger partial charge is 0.294 e. The number of halogens is 1. The van der Waals surface area contributed by atoms with Gasteiger partial charge < -0.3 is 0 Å². The fraction of sp³-hybridized carbons (Fsp3) is 0.316. The van der Waals surface area contributed by atoms with Gasteiger partial charge in [-0.25, -0.2) is 4.39 Å². The van der Waals surface area contributed by atoms with Crippen molar-refractivity contribution < 1.29 is 9.18 Å². The molecule has 2 rings (SSSR count). The predicted molar refractivity (Wildman–Crippen MR) is 84.3 cm³/mol. The van der Waals surface area contributed by atoms with Crippen molar-refractivity contribution in [2.24, 2.45) is 0 Å². The van der Waals surface area contributed by atoms with E-state index in [1.165, 1.54) is 12.1 Å². The molecule has 0 bridgehead atoms. The maximum atomic E-state index is 13.1. The maximum absolute atomic E-state index is 13.1. The van der Waals surface area contributed by atoms with Crippen molar-refractivity contribution in [1.82, 2.24) is 0 Å². The first-order chi connectivity index (χ1) is 9.79. The highest BCUT2D eigenvalue weighted by Gasteiger charge is 2.21. The van der Waals surface area contributed by atoms with Crippen LogP contribution in [0.3, 0.4) is 0 Å². The van der Waals surface area contributed by atoms with E-state index in [4.69, 9.17) is 0 Å². The summed E-state index contributed by atoms with van der Waals surface area (Å²) in [4.78, 5) is 12.6. The Balaban J connectivity index is 2.33. The molecule has 1 nitrogen and oxygen atoms in total. The Morgan fingerprint density at radius 1 is 1.10 bits per heavy atom. The first kappa shape index (κ1) is 15.4. The van der Waals surface area contributed by atoms with Crippen LogP contribution in [0.1, 0.15) is 47.8 Å². The number of aryl methyl sites for hydroxylation is 1. The Morgan fingerprint density at radius 3 is 2.38 bits per heavy atom. The number of rotatable bonds is 3. The Hall–Kier alpha value is -1.96. The molecule has 2 aromatic rings. The molecule has 2 aromatic carbocycles. The van der Waals surface area contributed by atoms with Gasteiger partial charge in [-0.05, 0) is 41.2 Å². The highest BCUT2D eigenvalue weighted by molar-refractivity contribution is 5.99. The summed E-state index contributed by atoms with van der Waals surface area (Å²) < 4.78 is 13.1. The predicted octanol–water partition coefficient (Wildman–Crippen LogP) is 4.86. The molecule has 0 aliphatic carbocycles. The molecule has 0 aromatic heterocycles. The van der Waals surface area contributed by atoms with Gasteiger partial charge in [-0.3, -0.25) is 4.79 Å². The highest BCUT2D eigenvalue weighted by atomic mass is 19.1. The first-order valence-corrected chi connectivity index (χ1v) is 7.17. The summed E-state index contributed by atoms with van der Waals surface area (Å²) in [6, 6.07) is 12.3. The van der Waals surface area contributed by atoms with Crippen LogP contribution in [0.2, 0.25) is 0 Å². The van der Waals surface area contributed by atoms with E-state index in [1.54, 1.807) is 6.07 Å². The van der Waals surface area contributed by atoms with Gasteiger partial charge in [0, 0.05) is 12.0 Å². The number of hydrogen-bond acceptors (Lipinski definition) is 1. The van der Waals surface area contributed by atoms with Crippen molar-refractivity contribution in [2.45, 2.75) is 39.5 Å². The van der Waals surface area contributed by atoms with Gasteiger partial charge in [-0.15, -0.1) is 0 Å². The van der Waals surface area contributed by atoms with Crippen molar-refractivity contribution in [3.05, 3.63) is 70.5 Å². The zero-order valence-electron chi connectivity index (χ0n) is 13.0. The smallest absolute Gasteiger partial charge is 0.167 e. The van der Waals surface area contributed by atoms with Crippen LogP contribution < -0.4 is 0 Å². The fourth-order valence-corrected chi connectivity index (χ4v) is 2.51. The van der Waals surface area contributed by atoms with Gasteiger partial charge >= 0.3 is 0 Å². The molecule has 0 unspecified atom stereocenters. The summed E-state index contributed by atoms with van der Waals surface area (Å²) in [6.07, 6.45) is 0.305. The summed E-state index contributed by atoms with van der Waals surface area (Å²) in [5.41, 5.74) is 3.43. The van der Waals surface area contributed by atoms with E-state index in [-0.39, 0.29) is 17.0 Å². The molecule has 21 heavy (non-hydrogen) atoms. The zero-order chi connectivity index (χ0) is 15.6. The summed E-state index contributed by atoms with van der Waals surface area (Å²) in [7, 11) is 0. The van der Waals surface area contributed by atoms with Gasteiger partial charge in [-0.2, -0.15) is 0 Å². The molecule has 0 radical (unpaired) electrons. The van der Waals surface area contributed by atoms with Crippen molar-refractivity contribution in [1.29, 1.82) is 0 Å². The lowest BCUT2D eigenvalue weighted by Gasteiger charge is -2.22. The average molecular weight is 284 g/mol. The SMILES string of the molecule is Cc1cc(F)ccc1CC(=O)c1ccccc1C(C)(C)C. The summed E-state index contributed by atoms with van der Waals surface area (Å²) >= 11 is 0. The number of carbonyl (C=O) groups excluding carboxylic acids is 1. The maximum Gasteiger partial charge on any atom is 0.167 e. The number of carbonyl (C=O) groups is 1. The van der Waals surface area contributed by atoms with Crippen LogP contribution in [0.5, 0.6) is 0 Å². The quantitative estimate of drug-likeness (QED) is 0.736. The topological polar surface area (TPSA) is 17.1 Å². The molecule has 0 heterocycles. The van der Waals surface area contributed by atoms with Crippen LogP contribution in [0.15, 0.2) is 42.5 Å². The molecular formula is C19H21FO. The van der Waals surface area contributed by atoms with E-state index in [0.717, 1.165) is 22.3 Å². The third-order valence-electron chi connectivity index (χ3n) is 3.69.